The molecule has 0 bridgehead atoms. The molecule has 0 fully saturated rings. The van der Waals surface area contributed by atoms with Gasteiger partial charge in [0.15, 0.2) is 6.10 Å². The summed E-state index contributed by atoms with van der Waals surface area (Å²) in [5, 5.41) is 11.6. The largest absolute Gasteiger partial charge is 0.378 e. The summed E-state index contributed by atoms with van der Waals surface area (Å²) in [5.74, 6) is -1.26. The van der Waals surface area contributed by atoms with Crippen LogP contribution in [0.2, 0.25) is 5.02 Å². The van der Waals surface area contributed by atoms with E-state index in [1.54, 1.807) is 0 Å². The van der Waals surface area contributed by atoms with Gasteiger partial charge in [-0.3, -0.25) is 4.79 Å². The first-order chi connectivity index (χ1) is 6.09. The number of fused-ring (bicyclic) bond motifs is 1. The minimum absolute atomic E-state index is 0.0156. The molecule has 5 heteroatoms. The number of benzene rings is 1. The highest BCUT2D eigenvalue weighted by Crippen LogP contribution is 2.34. The summed E-state index contributed by atoms with van der Waals surface area (Å²) in [4.78, 5) is 10.9. The average Bonchev–Trinajstić information content (AvgIpc) is 2.32. The summed E-state index contributed by atoms with van der Waals surface area (Å²) in [6.45, 7) is 0. The van der Waals surface area contributed by atoms with Crippen LogP contribution in [0.4, 0.5) is 10.1 Å². The lowest BCUT2D eigenvalue weighted by Crippen LogP contribution is -2.10. The number of aliphatic hydroxyl groups excluding tert-OH is 1. The Hall–Kier alpha value is -1.13. The van der Waals surface area contributed by atoms with Crippen LogP contribution in [0.3, 0.4) is 0 Å². The highest BCUT2D eigenvalue weighted by Gasteiger charge is 2.31. The minimum atomic E-state index is -1.32. The summed E-state index contributed by atoms with van der Waals surface area (Å²) in [6, 6.07) is 2.45. The lowest BCUT2D eigenvalue weighted by atomic mass is 10.1. The summed E-state index contributed by atoms with van der Waals surface area (Å²) in [7, 11) is 0. The summed E-state index contributed by atoms with van der Waals surface area (Å²) in [5.41, 5.74) is 0.205. The summed E-state index contributed by atoms with van der Waals surface area (Å²) < 4.78 is 13.1. The van der Waals surface area contributed by atoms with Crippen molar-refractivity contribution in [2.75, 3.05) is 5.32 Å². The predicted molar refractivity (Wildman–Crippen MR) is 45.0 cm³/mol. The van der Waals surface area contributed by atoms with Crippen LogP contribution in [0, 0.1) is 5.82 Å². The van der Waals surface area contributed by atoms with E-state index in [1.807, 2.05) is 0 Å². The Morgan fingerprint density at radius 2 is 2.23 bits per heavy atom. The van der Waals surface area contributed by atoms with Gasteiger partial charge in [-0.15, -0.1) is 0 Å². The van der Waals surface area contributed by atoms with Gasteiger partial charge < -0.3 is 10.4 Å². The molecule has 1 aromatic rings. The van der Waals surface area contributed by atoms with Gasteiger partial charge in [-0.25, -0.2) is 4.39 Å². The maximum atomic E-state index is 13.1. The first-order valence-corrected chi connectivity index (χ1v) is 3.95. The number of amides is 1. The number of nitrogens with one attached hydrogen (secondary N) is 1. The Morgan fingerprint density at radius 3 is 2.92 bits per heavy atom. The Morgan fingerprint density at radius 1 is 1.54 bits per heavy atom. The number of rotatable bonds is 0. The second-order valence-corrected chi connectivity index (χ2v) is 3.18. The zero-order valence-electron chi connectivity index (χ0n) is 6.34. The van der Waals surface area contributed by atoms with Crippen LogP contribution in [-0.2, 0) is 4.79 Å². The summed E-state index contributed by atoms with van der Waals surface area (Å²) >= 11 is 5.55. The van der Waals surface area contributed by atoms with Gasteiger partial charge in [0.2, 0.25) is 0 Å². The van der Waals surface area contributed by atoms with Crippen molar-refractivity contribution >= 4 is 23.2 Å². The Bertz CT molecular complexity index is 394. The van der Waals surface area contributed by atoms with Crippen molar-refractivity contribution in [1.29, 1.82) is 0 Å². The molecule has 2 N–H and O–H groups in total. The molecule has 1 unspecified atom stereocenters. The number of carbonyl (C=O) groups is 1. The molecule has 1 amide bonds. The predicted octanol–water partition coefficient (Wildman–Crippen LogP) is 1.46. The number of hydrogen-bond acceptors (Lipinski definition) is 2. The third-order valence-corrected chi connectivity index (χ3v) is 2.09. The molecule has 0 aliphatic carbocycles. The first kappa shape index (κ1) is 8.47. The van der Waals surface area contributed by atoms with E-state index in [4.69, 9.17) is 11.6 Å². The molecule has 13 heavy (non-hydrogen) atoms. The smallest absolute Gasteiger partial charge is 0.258 e. The van der Waals surface area contributed by atoms with E-state index in [9.17, 15) is 14.3 Å². The molecule has 1 aliphatic rings. The molecule has 68 valence electrons. The Balaban J connectivity index is 2.63. The van der Waals surface area contributed by atoms with Crippen LogP contribution in [-0.4, -0.2) is 11.0 Å². The molecule has 0 spiro atoms. The van der Waals surface area contributed by atoms with Gasteiger partial charge in [-0.2, -0.15) is 0 Å². The van der Waals surface area contributed by atoms with Crippen molar-refractivity contribution < 1.29 is 14.3 Å². The molecular formula is C8H5ClFNO2. The number of hydrogen-bond donors (Lipinski definition) is 2. The quantitative estimate of drug-likeness (QED) is 0.668. The van der Waals surface area contributed by atoms with Crippen LogP contribution in [0.5, 0.6) is 0 Å². The number of aliphatic hydroxyl groups is 1. The van der Waals surface area contributed by atoms with Crippen molar-refractivity contribution in [3.8, 4) is 0 Å². The zero-order valence-corrected chi connectivity index (χ0v) is 7.10. The molecule has 0 radical (unpaired) electrons. The average molecular weight is 202 g/mol. The van der Waals surface area contributed by atoms with Crippen molar-refractivity contribution in [3.05, 3.63) is 28.5 Å². The molecule has 0 saturated carbocycles. The van der Waals surface area contributed by atoms with E-state index in [2.05, 4.69) is 5.32 Å². The van der Waals surface area contributed by atoms with Gasteiger partial charge >= 0.3 is 0 Å². The molecular weight excluding hydrogens is 197 g/mol. The maximum Gasteiger partial charge on any atom is 0.258 e. The number of halogens is 2. The SMILES string of the molecule is O=C1Nc2c(F)cc(Cl)cc2C1O. The maximum absolute atomic E-state index is 13.1. The van der Waals surface area contributed by atoms with E-state index >= 15 is 0 Å². The minimum Gasteiger partial charge on any atom is -0.378 e. The van der Waals surface area contributed by atoms with Crippen LogP contribution < -0.4 is 5.32 Å². The van der Waals surface area contributed by atoms with Crippen molar-refractivity contribution in [2.24, 2.45) is 0 Å². The standard InChI is InChI=1S/C8H5ClFNO2/c9-3-1-4-6(5(10)2-3)11-8(13)7(4)12/h1-2,7,12H,(H,11,13). The van der Waals surface area contributed by atoms with Crippen LogP contribution in [0.15, 0.2) is 12.1 Å². The fourth-order valence-electron chi connectivity index (χ4n) is 1.27. The van der Waals surface area contributed by atoms with Crippen LogP contribution in [0.1, 0.15) is 11.7 Å². The third-order valence-electron chi connectivity index (χ3n) is 1.88. The normalized spacial score (nSPS) is 19.9. The topological polar surface area (TPSA) is 49.3 Å². The zero-order chi connectivity index (χ0) is 9.59. The molecule has 3 nitrogen and oxygen atoms in total. The molecule has 2 rings (SSSR count). The molecule has 1 heterocycles. The Kier molecular flexibility index (Phi) is 1.75. The van der Waals surface area contributed by atoms with E-state index in [0.29, 0.717) is 0 Å². The van der Waals surface area contributed by atoms with Crippen molar-refractivity contribution in [2.45, 2.75) is 6.10 Å². The molecule has 0 aromatic heterocycles. The second kappa shape index (κ2) is 2.68. The Labute approximate surface area is 78.1 Å². The molecule has 1 aliphatic heterocycles. The molecule has 1 aromatic carbocycles. The van der Waals surface area contributed by atoms with Gasteiger partial charge in [0.25, 0.3) is 5.91 Å². The first-order valence-electron chi connectivity index (χ1n) is 3.57. The van der Waals surface area contributed by atoms with Crippen LogP contribution >= 0.6 is 11.6 Å². The fraction of sp³-hybridized carbons (Fsp3) is 0.125. The lowest BCUT2D eigenvalue weighted by molar-refractivity contribution is -0.123. The highest BCUT2D eigenvalue weighted by atomic mass is 35.5. The fourth-order valence-corrected chi connectivity index (χ4v) is 1.49. The van der Waals surface area contributed by atoms with E-state index in [0.717, 1.165) is 6.07 Å². The van der Waals surface area contributed by atoms with E-state index in [1.165, 1.54) is 6.07 Å². The highest BCUT2D eigenvalue weighted by molar-refractivity contribution is 6.31. The monoisotopic (exact) mass is 201 g/mol. The second-order valence-electron chi connectivity index (χ2n) is 2.74. The van der Waals surface area contributed by atoms with Crippen molar-refractivity contribution in [1.82, 2.24) is 0 Å². The summed E-state index contributed by atoms with van der Waals surface area (Å²) in [6.07, 6.45) is -1.32. The van der Waals surface area contributed by atoms with Gasteiger partial charge in [-0.1, -0.05) is 11.6 Å². The van der Waals surface area contributed by atoms with E-state index in [-0.39, 0.29) is 16.3 Å². The number of anilines is 1. The van der Waals surface area contributed by atoms with Crippen LogP contribution in [0.25, 0.3) is 0 Å². The third kappa shape index (κ3) is 1.18. The number of carbonyl (C=O) groups excluding carboxylic acids is 1. The van der Waals surface area contributed by atoms with Gasteiger partial charge in [0.1, 0.15) is 5.82 Å². The van der Waals surface area contributed by atoms with Crippen molar-refractivity contribution in [3.63, 3.8) is 0 Å². The molecule has 1 atom stereocenters. The lowest BCUT2D eigenvalue weighted by Gasteiger charge is -2.01. The van der Waals surface area contributed by atoms with Gasteiger partial charge in [0, 0.05) is 10.6 Å². The van der Waals surface area contributed by atoms with E-state index < -0.39 is 17.8 Å². The van der Waals surface area contributed by atoms with Gasteiger partial charge in [0.05, 0.1) is 5.69 Å². The van der Waals surface area contributed by atoms with Gasteiger partial charge in [-0.05, 0) is 12.1 Å². The molecule has 0 saturated heterocycles.